The summed E-state index contributed by atoms with van der Waals surface area (Å²) in [6.07, 6.45) is 2.82. The zero-order valence-corrected chi connectivity index (χ0v) is 12.0. The number of hydrogen-bond donors (Lipinski definition) is 1. The molecule has 8 heteroatoms. The van der Waals surface area contributed by atoms with Crippen molar-refractivity contribution in [3.8, 4) is 0 Å². The van der Waals surface area contributed by atoms with Gasteiger partial charge >= 0.3 is 5.97 Å². The third-order valence-corrected chi connectivity index (χ3v) is 3.59. The van der Waals surface area contributed by atoms with E-state index in [1.54, 1.807) is 29.0 Å². The molecule has 22 heavy (non-hydrogen) atoms. The van der Waals surface area contributed by atoms with Crippen molar-refractivity contribution in [1.82, 2.24) is 19.7 Å². The number of pyridine rings is 1. The van der Waals surface area contributed by atoms with Crippen molar-refractivity contribution in [2.75, 3.05) is 12.4 Å². The Labute approximate surface area is 126 Å². The zero-order chi connectivity index (χ0) is 15.5. The largest absolute Gasteiger partial charge is 0.469 e. The van der Waals surface area contributed by atoms with Crippen LogP contribution in [0.2, 0.25) is 0 Å². The highest BCUT2D eigenvalue weighted by molar-refractivity contribution is 6.01. The van der Waals surface area contributed by atoms with Gasteiger partial charge in [-0.3, -0.25) is 9.59 Å². The van der Waals surface area contributed by atoms with E-state index in [0.717, 1.165) is 0 Å². The summed E-state index contributed by atoms with van der Waals surface area (Å²) in [6.45, 7) is 0.347. The molecule has 0 radical (unpaired) electrons. The Kier molecular flexibility index (Phi) is 3.82. The van der Waals surface area contributed by atoms with E-state index in [1.165, 1.54) is 7.11 Å². The average molecular weight is 301 g/mol. The predicted molar refractivity (Wildman–Crippen MR) is 76.0 cm³/mol. The van der Waals surface area contributed by atoms with Crippen LogP contribution in [-0.4, -0.2) is 38.7 Å². The maximum absolute atomic E-state index is 12.3. The second-order valence-corrected chi connectivity index (χ2v) is 4.98. The van der Waals surface area contributed by atoms with Crippen LogP contribution < -0.4 is 5.32 Å². The molecule has 0 saturated heterocycles. The predicted octanol–water partition coefficient (Wildman–Crippen LogP) is 0.661. The summed E-state index contributed by atoms with van der Waals surface area (Å²) >= 11 is 0. The van der Waals surface area contributed by atoms with Gasteiger partial charge in [0.1, 0.15) is 11.6 Å². The van der Waals surface area contributed by atoms with Crippen molar-refractivity contribution in [3.05, 3.63) is 36.0 Å². The van der Waals surface area contributed by atoms with Crippen molar-refractivity contribution in [2.24, 2.45) is 5.92 Å². The topological polar surface area (TPSA) is 99.0 Å². The van der Waals surface area contributed by atoms with Crippen LogP contribution in [0.25, 0.3) is 0 Å². The van der Waals surface area contributed by atoms with Crippen molar-refractivity contribution >= 4 is 17.7 Å². The molecule has 1 unspecified atom stereocenters. The molecule has 2 aromatic heterocycles. The minimum absolute atomic E-state index is 0.175. The summed E-state index contributed by atoms with van der Waals surface area (Å²) in [5, 5.41) is 10.6. The minimum atomic E-state index is -0.400. The molecule has 1 atom stereocenters. The molecule has 0 aliphatic carbocycles. The fourth-order valence-corrected chi connectivity index (χ4v) is 2.46. The van der Waals surface area contributed by atoms with Gasteiger partial charge in [-0.15, -0.1) is 10.2 Å². The molecule has 114 valence electrons. The van der Waals surface area contributed by atoms with Crippen LogP contribution in [0.3, 0.4) is 0 Å². The van der Waals surface area contributed by atoms with Crippen LogP contribution in [0.5, 0.6) is 0 Å². The number of anilines is 1. The lowest BCUT2D eigenvalue weighted by molar-refractivity contribution is -0.146. The first-order valence-corrected chi connectivity index (χ1v) is 6.91. The van der Waals surface area contributed by atoms with E-state index in [2.05, 4.69) is 20.5 Å². The van der Waals surface area contributed by atoms with Gasteiger partial charge in [-0.1, -0.05) is 6.07 Å². The van der Waals surface area contributed by atoms with Crippen molar-refractivity contribution in [3.63, 3.8) is 0 Å². The van der Waals surface area contributed by atoms with Gasteiger partial charge in [-0.2, -0.15) is 0 Å². The molecular formula is C14H15N5O3. The number of ether oxygens (including phenoxy) is 1. The second kappa shape index (κ2) is 5.92. The summed E-state index contributed by atoms with van der Waals surface area (Å²) in [4.78, 5) is 28.0. The van der Waals surface area contributed by atoms with Crippen molar-refractivity contribution in [2.45, 2.75) is 19.4 Å². The Morgan fingerprint density at radius 2 is 2.23 bits per heavy atom. The number of aryl methyl sites for hydroxylation is 1. The number of esters is 1. The lowest BCUT2D eigenvalue weighted by Gasteiger charge is -2.21. The molecule has 0 spiro atoms. The Morgan fingerprint density at radius 1 is 1.36 bits per heavy atom. The average Bonchev–Trinajstić information content (AvgIpc) is 2.98. The molecule has 0 saturated carbocycles. The van der Waals surface area contributed by atoms with Crippen molar-refractivity contribution in [1.29, 1.82) is 0 Å². The molecule has 3 heterocycles. The maximum Gasteiger partial charge on any atom is 0.310 e. The van der Waals surface area contributed by atoms with E-state index < -0.39 is 5.91 Å². The standard InChI is InChI=1S/C14H15N5O3/c1-22-14(21)9-5-6-11-17-18-12(19(11)8-9)13(20)16-10-4-2-3-7-15-10/h2-4,7,9H,5-6,8H2,1H3,(H,15,16,20). The lowest BCUT2D eigenvalue weighted by Crippen LogP contribution is -2.30. The number of aromatic nitrogens is 4. The van der Waals surface area contributed by atoms with Crippen LogP contribution in [0.15, 0.2) is 24.4 Å². The highest BCUT2D eigenvalue weighted by Crippen LogP contribution is 2.21. The van der Waals surface area contributed by atoms with Crippen molar-refractivity contribution < 1.29 is 14.3 Å². The van der Waals surface area contributed by atoms with E-state index >= 15 is 0 Å². The highest BCUT2D eigenvalue weighted by atomic mass is 16.5. The van der Waals surface area contributed by atoms with Gasteiger partial charge in [-0.25, -0.2) is 4.98 Å². The first-order chi connectivity index (χ1) is 10.7. The van der Waals surface area contributed by atoms with E-state index in [4.69, 9.17) is 4.74 Å². The van der Waals surface area contributed by atoms with Crippen LogP contribution in [0.1, 0.15) is 22.9 Å². The molecule has 1 amide bonds. The Balaban J connectivity index is 1.80. The van der Waals surface area contributed by atoms with Gasteiger partial charge in [0.05, 0.1) is 13.0 Å². The third kappa shape index (κ3) is 2.67. The quantitative estimate of drug-likeness (QED) is 0.836. The molecule has 3 rings (SSSR count). The number of methoxy groups -OCH3 is 1. The Hall–Kier alpha value is -2.77. The number of nitrogens with one attached hydrogen (secondary N) is 1. The van der Waals surface area contributed by atoms with E-state index in [1.807, 2.05) is 0 Å². The molecule has 0 fully saturated rings. The van der Waals surface area contributed by atoms with Gasteiger partial charge in [0.25, 0.3) is 5.91 Å². The zero-order valence-electron chi connectivity index (χ0n) is 12.0. The number of carbonyl (C=O) groups is 2. The van der Waals surface area contributed by atoms with Crippen LogP contribution in [0, 0.1) is 5.92 Å². The van der Waals surface area contributed by atoms with Crippen LogP contribution in [-0.2, 0) is 22.5 Å². The summed E-state index contributed by atoms with van der Waals surface area (Å²) in [7, 11) is 1.36. The monoisotopic (exact) mass is 301 g/mol. The maximum atomic E-state index is 12.3. The molecule has 2 aromatic rings. The van der Waals surface area contributed by atoms with Gasteiger partial charge in [0, 0.05) is 19.2 Å². The number of carbonyl (C=O) groups excluding carboxylic acids is 2. The van der Waals surface area contributed by atoms with Gasteiger partial charge in [0.2, 0.25) is 5.82 Å². The fraction of sp³-hybridized carbons (Fsp3) is 0.357. The second-order valence-electron chi connectivity index (χ2n) is 4.98. The lowest BCUT2D eigenvalue weighted by atomic mass is 9.99. The summed E-state index contributed by atoms with van der Waals surface area (Å²) in [5.41, 5.74) is 0. The number of fused-ring (bicyclic) bond motifs is 1. The number of nitrogens with zero attached hydrogens (tertiary/aromatic N) is 4. The molecule has 1 aliphatic heterocycles. The van der Waals surface area contributed by atoms with E-state index in [-0.39, 0.29) is 17.7 Å². The van der Waals surface area contributed by atoms with Crippen LogP contribution in [0.4, 0.5) is 5.82 Å². The molecule has 0 bridgehead atoms. The number of amides is 1. The van der Waals surface area contributed by atoms with E-state index in [9.17, 15) is 9.59 Å². The Morgan fingerprint density at radius 3 is 2.95 bits per heavy atom. The summed E-state index contributed by atoms with van der Waals surface area (Å²) in [5.74, 6) is 0.346. The van der Waals surface area contributed by atoms with E-state index in [0.29, 0.717) is 31.0 Å². The van der Waals surface area contributed by atoms with Gasteiger partial charge in [0.15, 0.2) is 0 Å². The van der Waals surface area contributed by atoms with Crippen LogP contribution >= 0.6 is 0 Å². The molecule has 1 aliphatic rings. The Bertz CT molecular complexity index is 698. The van der Waals surface area contributed by atoms with Gasteiger partial charge in [-0.05, 0) is 18.6 Å². The SMILES string of the molecule is COC(=O)C1CCc2nnc(C(=O)Nc3ccccn3)n2C1. The third-order valence-electron chi connectivity index (χ3n) is 3.59. The fourth-order valence-electron chi connectivity index (χ4n) is 2.46. The normalized spacial score (nSPS) is 16.7. The van der Waals surface area contributed by atoms with Gasteiger partial charge < -0.3 is 14.6 Å². The smallest absolute Gasteiger partial charge is 0.310 e. The highest BCUT2D eigenvalue weighted by Gasteiger charge is 2.30. The first-order valence-electron chi connectivity index (χ1n) is 6.91. The first kappa shape index (κ1) is 14.2. The molecule has 0 aromatic carbocycles. The molecule has 1 N–H and O–H groups in total. The number of rotatable bonds is 3. The minimum Gasteiger partial charge on any atom is -0.469 e. The molecule has 8 nitrogen and oxygen atoms in total. The molecular weight excluding hydrogens is 286 g/mol. The number of hydrogen-bond acceptors (Lipinski definition) is 6. The summed E-state index contributed by atoms with van der Waals surface area (Å²) in [6, 6.07) is 5.22. The summed E-state index contributed by atoms with van der Waals surface area (Å²) < 4.78 is 6.44.